The van der Waals surface area contributed by atoms with Crippen LogP contribution in [0.4, 0.5) is 0 Å². The third-order valence-electron chi connectivity index (χ3n) is 3.29. The normalized spacial score (nSPS) is 24.7. The van der Waals surface area contributed by atoms with Crippen LogP contribution in [0, 0.1) is 23.2 Å². The van der Waals surface area contributed by atoms with Crippen LogP contribution in [0.1, 0.15) is 40.5 Å². The maximum absolute atomic E-state index is 11.6. The minimum Gasteiger partial charge on any atom is -0.468 e. The van der Waals surface area contributed by atoms with Gasteiger partial charge >= 0.3 is 5.97 Å². The molecule has 0 bridgehead atoms. The van der Waals surface area contributed by atoms with E-state index in [0.717, 1.165) is 12.8 Å². The number of rotatable bonds is 2. The van der Waals surface area contributed by atoms with Crippen molar-refractivity contribution in [1.82, 2.24) is 5.32 Å². The van der Waals surface area contributed by atoms with Gasteiger partial charge in [0.25, 0.3) is 0 Å². The van der Waals surface area contributed by atoms with E-state index in [0.29, 0.717) is 0 Å². The second-order valence-corrected chi connectivity index (χ2v) is 6.19. The van der Waals surface area contributed by atoms with Crippen molar-refractivity contribution in [3.8, 4) is 6.07 Å². The maximum atomic E-state index is 11.6. The lowest BCUT2D eigenvalue weighted by Gasteiger charge is -2.47. The van der Waals surface area contributed by atoms with Crippen molar-refractivity contribution in [2.75, 3.05) is 7.11 Å². The Bertz CT molecular complexity index is 326. The Balaban J connectivity index is 2.90. The molecule has 0 aromatic heterocycles. The zero-order chi connectivity index (χ0) is 13.3. The molecule has 0 saturated carbocycles. The largest absolute Gasteiger partial charge is 0.468 e. The molecule has 1 rings (SSSR count). The molecule has 1 fully saturated rings. The molecule has 1 saturated heterocycles. The van der Waals surface area contributed by atoms with Crippen LogP contribution in [-0.2, 0) is 9.53 Å². The highest BCUT2D eigenvalue weighted by atomic mass is 16.5. The van der Waals surface area contributed by atoms with E-state index in [-0.39, 0.29) is 17.0 Å². The number of esters is 1. The number of methoxy groups -OCH3 is 1. The van der Waals surface area contributed by atoms with Crippen molar-refractivity contribution in [3.05, 3.63) is 0 Å². The summed E-state index contributed by atoms with van der Waals surface area (Å²) in [6, 6.07) is 2.10. The molecule has 0 spiro atoms. The summed E-state index contributed by atoms with van der Waals surface area (Å²) in [6.07, 6.45) is 1.62. The fraction of sp³-hybridized carbons (Fsp3) is 0.846. The highest BCUT2D eigenvalue weighted by Gasteiger charge is 2.43. The topological polar surface area (TPSA) is 62.1 Å². The first-order chi connectivity index (χ1) is 7.71. The van der Waals surface area contributed by atoms with Crippen LogP contribution in [0.3, 0.4) is 0 Å². The van der Waals surface area contributed by atoms with E-state index in [2.05, 4.69) is 39.1 Å². The summed E-state index contributed by atoms with van der Waals surface area (Å²) < 4.78 is 4.71. The molecule has 96 valence electrons. The summed E-state index contributed by atoms with van der Waals surface area (Å²) in [6.45, 7) is 8.42. The Hall–Kier alpha value is -1.08. The molecule has 17 heavy (non-hydrogen) atoms. The maximum Gasteiger partial charge on any atom is 0.323 e. The molecule has 1 aliphatic heterocycles. The lowest BCUT2D eigenvalue weighted by Crippen LogP contribution is -2.59. The van der Waals surface area contributed by atoms with Gasteiger partial charge in [0, 0.05) is 11.1 Å². The zero-order valence-corrected chi connectivity index (χ0v) is 11.3. The van der Waals surface area contributed by atoms with Gasteiger partial charge in [0.05, 0.1) is 13.2 Å². The number of nitrogens with zero attached hydrogens (tertiary/aromatic N) is 1. The highest BCUT2D eigenvalue weighted by Crippen LogP contribution is 2.37. The van der Waals surface area contributed by atoms with Gasteiger partial charge in [-0.15, -0.1) is 0 Å². The molecule has 1 unspecified atom stereocenters. The quantitative estimate of drug-likeness (QED) is 0.746. The van der Waals surface area contributed by atoms with Crippen LogP contribution < -0.4 is 5.32 Å². The Kier molecular flexibility index (Phi) is 3.83. The van der Waals surface area contributed by atoms with E-state index in [1.807, 2.05) is 0 Å². The Labute approximate surface area is 103 Å². The number of hydrogen-bond donors (Lipinski definition) is 1. The molecular weight excluding hydrogens is 216 g/mol. The van der Waals surface area contributed by atoms with Crippen molar-refractivity contribution < 1.29 is 9.53 Å². The molecule has 4 nitrogen and oxygen atoms in total. The molecule has 0 aliphatic carbocycles. The fourth-order valence-electron chi connectivity index (χ4n) is 3.11. The molecule has 0 amide bonds. The minimum absolute atomic E-state index is 0.0544. The summed E-state index contributed by atoms with van der Waals surface area (Å²) in [4.78, 5) is 11.6. The zero-order valence-electron chi connectivity index (χ0n) is 11.3. The standard InChI is InChI=1S/C13H22N2O2/c1-12(2)6-9(7-13(3,4)15-12)10(8-14)11(16)17-5/h9-10,15H,6-7H2,1-5H3. The summed E-state index contributed by atoms with van der Waals surface area (Å²) in [5.74, 6) is -1.01. The van der Waals surface area contributed by atoms with Crippen LogP contribution in [0.15, 0.2) is 0 Å². The first kappa shape index (κ1) is 14.0. The summed E-state index contributed by atoms with van der Waals surface area (Å²) >= 11 is 0. The van der Waals surface area contributed by atoms with E-state index in [9.17, 15) is 4.79 Å². The van der Waals surface area contributed by atoms with Crippen LogP contribution >= 0.6 is 0 Å². The molecule has 4 heteroatoms. The lowest BCUT2D eigenvalue weighted by molar-refractivity contribution is -0.146. The summed E-state index contributed by atoms with van der Waals surface area (Å²) in [5.41, 5.74) is -0.120. The van der Waals surface area contributed by atoms with Crippen LogP contribution in [0.25, 0.3) is 0 Å². The van der Waals surface area contributed by atoms with Crippen LogP contribution in [0.2, 0.25) is 0 Å². The summed E-state index contributed by atoms with van der Waals surface area (Å²) in [7, 11) is 1.34. The van der Waals surface area contributed by atoms with Crippen LogP contribution in [-0.4, -0.2) is 24.2 Å². The molecule has 1 atom stereocenters. The second-order valence-electron chi connectivity index (χ2n) is 6.19. The number of hydrogen-bond acceptors (Lipinski definition) is 4. The van der Waals surface area contributed by atoms with Gasteiger partial charge in [0.2, 0.25) is 0 Å². The van der Waals surface area contributed by atoms with E-state index >= 15 is 0 Å². The Morgan fingerprint density at radius 1 is 1.35 bits per heavy atom. The van der Waals surface area contributed by atoms with Gasteiger partial charge in [0.1, 0.15) is 5.92 Å². The first-order valence-corrected chi connectivity index (χ1v) is 5.97. The van der Waals surface area contributed by atoms with E-state index in [1.165, 1.54) is 7.11 Å². The molecule has 1 N–H and O–H groups in total. The molecule has 0 radical (unpaired) electrons. The number of carbonyl (C=O) groups excluding carboxylic acids is 1. The Morgan fingerprint density at radius 2 is 1.82 bits per heavy atom. The van der Waals surface area contributed by atoms with Gasteiger partial charge < -0.3 is 10.1 Å². The average molecular weight is 238 g/mol. The van der Waals surface area contributed by atoms with Crippen molar-refractivity contribution in [1.29, 1.82) is 5.26 Å². The van der Waals surface area contributed by atoms with Crippen LogP contribution in [0.5, 0.6) is 0 Å². The van der Waals surface area contributed by atoms with Crippen molar-refractivity contribution in [2.45, 2.75) is 51.6 Å². The molecule has 1 heterocycles. The second kappa shape index (κ2) is 4.66. The van der Waals surface area contributed by atoms with E-state index in [4.69, 9.17) is 10.00 Å². The van der Waals surface area contributed by atoms with E-state index in [1.54, 1.807) is 0 Å². The van der Waals surface area contributed by atoms with Gasteiger partial charge in [-0.1, -0.05) is 0 Å². The first-order valence-electron chi connectivity index (χ1n) is 5.97. The predicted molar refractivity (Wildman–Crippen MR) is 65.1 cm³/mol. The summed E-state index contributed by atoms with van der Waals surface area (Å²) in [5, 5.41) is 12.7. The third kappa shape index (κ3) is 3.44. The number of nitriles is 1. The number of piperidine rings is 1. The van der Waals surface area contributed by atoms with Crippen molar-refractivity contribution in [3.63, 3.8) is 0 Å². The third-order valence-corrected chi connectivity index (χ3v) is 3.29. The molecule has 1 aliphatic rings. The Morgan fingerprint density at radius 3 is 2.18 bits per heavy atom. The molecule has 0 aromatic rings. The SMILES string of the molecule is COC(=O)C(C#N)C1CC(C)(C)NC(C)(C)C1. The van der Waals surface area contributed by atoms with Gasteiger partial charge in [-0.3, -0.25) is 4.79 Å². The molecule has 0 aromatic carbocycles. The van der Waals surface area contributed by atoms with E-state index < -0.39 is 11.9 Å². The smallest absolute Gasteiger partial charge is 0.323 e. The number of carbonyl (C=O) groups is 1. The number of nitrogens with one attached hydrogen (secondary N) is 1. The highest BCUT2D eigenvalue weighted by molar-refractivity contribution is 5.75. The number of ether oxygens (including phenoxy) is 1. The van der Waals surface area contributed by atoms with Gasteiger partial charge in [-0.05, 0) is 46.5 Å². The minimum atomic E-state index is -0.652. The van der Waals surface area contributed by atoms with Gasteiger partial charge in [-0.25, -0.2) is 0 Å². The van der Waals surface area contributed by atoms with Gasteiger partial charge in [-0.2, -0.15) is 5.26 Å². The molecular formula is C13H22N2O2. The average Bonchev–Trinajstić information content (AvgIpc) is 2.13. The monoisotopic (exact) mass is 238 g/mol. The predicted octanol–water partition coefficient (Wildman–Crippen LogP) is 1.86. The van der Waals surface area contributed by atoms with Crippen molar-refractivity contribution in [2.24, 2.45) is 11.8 Å². The fourth-order valence-corrected chi connectivity index (χ4v) is 3.11. The lowest BCUT2D eigenvalue weighted by atomic mass is 9.71. The van der Waals surface area contributed by atoms with Gasteiger partial charge in [0.15, 0.2) is 0 Å². The van der Waals surface area contributed by atoms with Crippen molar-refractivity contribution >= 4 is 5.97 Å².